The maximum atomic E-state index is 11.6. The first-order chi connectivity index (χ1) is 9.52. The zero-order valence-corrected chi connectivity index (χ0v) is 13.6. The van der Waals surface area contributed by atoms with Crippen molar-refractivity contribution in [3.8, 4) is 0 Å². The number of anilines is 1. The van der Waals surface area contributed by atoms with Gasteiger partial charge in [0.1, 0.15) is 0 Å². The number of thioether (sulfide) groups is 1. The number of methoxy groups -OCH3 is 1. The van der Waals surface area contributed by atoms with Crippen molar-refractivity contribution < 1.29 is 14.3 Å². The van der Waals surface area contributed by atoms with E-state index in [-0.39, 0.29) is 11.9 Å². The van der Waals surface area contributed by atoms with Crippen molar-refractivity contribution in [3.63, 3.8) is 0 Å². The number of hydrogen-bond acceptors (Lipinski definition) is 5. The van der Waals surface area contributed by atoms with E-state index in [2.05, 4.69) is 26.0 Å². The molecule has 0 bridgehead atoms. The molecule has 0 aliphatic carbocycles. The molecule has 0 radical (unpaired) electrons. The Kier molecular flexibility index (Phi) is 7.46. The van der Waals surface area contributed by atoms with E-state index in [0.29, 0.717) is 30.8 Å². The number of rotatable bonds is 7. The summed E-state index contributed by atoms with van der Waals surface area (Å²) in [6, 6.07) is 5.46. The minimum Gasteiger partial charge on any atom is -0.469 e. The highest BCUT2D eigenvalue weighted by Crippen LogP contribution is 2.28. The van der Waals surface area contributed by atoms with Crippen LogP contribution in [0.5, 0.6) is 0 Å². The van der Waals surface area contributed by atoms with Crippen molar-refractivity contribution >= 4 is 45.3 Å². The van der Waals surface area contributed by atoms with Gasteiger partial charge in [0.25, 0.3) is 0 Å². The highest BCUT2D eigenvalue weighted by Gasteiger charge is 2.06. The zero-order valence-electron chi connectivity index (χ0n) is 11.1. The fraction of sp³-hybridized carbons (Fsp3) is 0.385. The van der Waals surface area contributed by atoms with Crippen LogP contribution in [0.2, 0.25) is 0 Å². The topological polar surface area (TPSA) is 81.4 Å². The number of nitrogens with one attached hydrogen (secondary N) is 1. The van der Waals surface area contributed by atoms with Crippen molar-refractivity contribution in [3.05, 3.63) is 22.7 Å². The maximum Gasteiger partial charge on any atom is 0.305 e. The Morgan fingerprint density at radius 1 is 1.45 bits per heavy atom. The number of esters is 1. The molecule has 0 aliphatic heterocycles. The quantitative estimate of drug-likeness (QED) is 0.337. The lowest BCUT2D eigenvalue weighted by Crippen LogP contribution is -2.26. The summed E-state index contributed by atoms with van der Waals surface area (Å²) in [5.41, 5.74) is 6.32. The molecule has 1 aromatic rings. The molecule has 20 heavy (non-hydrogen) atoms. The van der Waals surface area contributed by atoms with E-state index in [0.717, 1.165) is 9.37 Å². The molecule has 0 aromatic heterocycles. The molecular weight excluding hydrogens is 344 g/mol. The predicted molar refractivity (Wildman–Crippen MR) is 83.5 cm³/mol. The van der Waals surface area contributed by atoms with Crippen molar-refractivity contribution in [2.24, 2.45) is 0 Å². The van der Waals surface area contributed by atoms with Gasteiger partial charge in [0, 0.05) is 28.0 Å². The first-order valence-corrected chi connectivity index (χ1v) is 7.82. The molecule has 0 atom stereocenters. The molecule has 0 aliphatic rings. The Balaban J connectivity index is 2.24. The number of benzene rings is 1. The van der Waals surface area contributed by atoms with Gasteiger partial charge in [0.15, 0.2) is 0 Å². The van der Waals surface area contributed by atoms with E-state index in [9.17, 15) is 9.59 Å². The van der Waals surface area contributed by atoms with Gasteiger partial charge in [-0.2, -0.15) is 0 Å². The van der Waals surface area contributed by atoms with Gasteiger partial charge in [0.05, 0.1) is 12.9 Å². The normalized spacial score (nSPS) is 10.1. The Morgan fingerprint density at radius 2 is 2.20 bits per heavy atom. The van der Waals surface area contributed by atoms with Gasteiger partial charge in [-0.1, -0.05) is 0 Å². The number of amides is 1. The van der Waals surface area contributed by atoms with E-state index >= 15 is 0 Å². The molecule has 0 heterocycles. The number of nitrogen functional groups attached to an aromatic ring is 1. The third-order valence-corrected chi connectivity index (χ3v) is 4.41. The first kappa shape index (κ1) is 16.8. The second-order valence-electron chi connectivity index (χ2n) is 4.01. The van der Waals surface area contributed by atoms with Crippen LogP contribution in [-0.2, 0) is 14.3 Å². The molecule has 0 fully saturated rings. The SMILES string of the molecule is COC(=O)CCCNC(=O)CSc1ccc(N)cc1Br. The fourth-order valence-corrected chi connectivity index (χ4v) is 2.88. The number of carbonyl (C=O) groups is 2. The zero-order chi connectivity index (χ0) is 15.0. The number of ether oxygens (including phenoxy) is 1. The van der Waals surface area contributed by atoms with Crippen LogP contribution < -0.4 is 11.1 Å². The summed E-state index contributed by atoms with van der Waals surface area (Å²) in [4.78, 5) is 23.5. The summed E-state index contributed by atoms with van der Waals surface area (Å²) in [6.45, 7) is 0.470. The third kappa shape index (κ3) is 6.29. The third-order valence-electron chi connectivity index (χ3n) is 2.42. The number of halogens is 1. The fourth-order valence-electron chi connectivity index (χ4n) is 1.39. The highest BCUT2D eigenvalue weighted by atomic mass is 79.9. The van der Waals surface area contributed by atoms with Gasteiger partial charge in [-0.05, 0) is 40.5 Å². The average Bonchev–Trinajstić information content (AvgIpc) is 2.42. The van der Waals surface area contributed by atoms with Crippen LogP contribution >= 0.6 is 27.7 Å². The largest absolute Gasteiger partial charge is 0.469 e. The monoisotopic (exact) mass is 360 g/mol. The Morgan fingerprint density at radius 3 is 2.85 bits per heavy atom. The Labute approximate surface area is 130 Å². The van der Waals surface area contributed by atoms with E-state index in [1.807, 2.05) is 6.07 Å². The lowest BCUT2D eigenvalue weighted by Gasteiger charge is -2.06. The molecule has 1 aromatic carbocycles. The summed E-state index contributed by atoms with van der Waals surface area (Å²) in [5, 5.41) is 2.76. The summed E-state index contributed by atoms with van der Waals surface area (Å²) in [5.74, 6) is -0.0104. The van der Waals surface area contributed by atoms with Gasteiger partial charge in [0.2, 0.25) is 5.91 Å². The summed E-state index contributed by atoms with van der Waals surface area (Å²) in [7, 11) is 1.35. The van der Waals surface area contributed by atoms with E-state index < -0.39 is 0 Å². The molecule has 7 heteroatoms. The van der Waals surface area contributed by atoms with Crippen LogP contribution in [0.4, 0.5) is 5.69 Å². The Hall–Kier alpha value is -1.21. The number of nitrogens with two attached hydrogens (primary N) is 1. The van der Waals surface area contributed by atoms with Crippen molar-refractivity contribution in [1.29, 1.82) is 0 Å². The standard InChI is InChI=1S/C13H17BrN2O3S/c1-19-13(18)3-2-6-16-12(17)8-20-11-5-4-9(15)7-10(11)14/h4-5,7H,2-3,6,8,15H2,1H3,(H,16,17). The van der Waals surface area contributed by atoms with E-state index in [1.165, 1.54) is 18.9 Å². The van der Waals surface area contributed by atoms with Gasteiger partial charge in [-0.15, -0.1) is 11.8 Å². The molecule has 0 spiro atoms. The second kappa shape index (κ2) is 8.86. The minimum absolute atomic E-state index is 0.0661. The first-order valence-electron chi connectivity index (χ1n) is 6.04. The number of carbonyl (C=O) groups excluding carboxylic acids is 2. The maximum absolute atomic E-state index is 11.6. The highest BCUT2D eigenvalue weighted by molar-refractivity contribution is 9.10. The van der Waals surface area contributed by atoms with Crippen LogP contribution in [0.15, 0.2) is 27.6 Å². The van der Waals surface area contributed by atoms with Crippen LogP contribution in [-0.4, -0.2) is 31.3 Å². The molecule has 0 saturated heterocycles. The Bertz CT molecular complexity index is 483. The molecule has 1 amide bonds. The molecule has 0 unspecified atom stereocenters. The lowest BCUT2D eigenvalue weighted by atomic mass is 10.3. The van der Waals surface area contributed by atoms with Crippen LogP contribution in [0.25, 0.3) is 0 Å². The van der Waals surface area contributed by atoms with Crippen molar-refractivity contribution in [2.45, 2.75) is 17.7 Å². The van der Waals surface area contributed by atoms with Gasteiger partial charge in [-0.25, -0.2) is 0 Å². The van der Waals surface area contributed by atoms with Crippen LogP contribution in [0.3, 0.4) is 0 Å². The molecule has 110 valence electrons. The molecule has 3 N–H and O–H groups in total. The molecule has 0 saturated carbocycles. The van der Waals surface area contributed by atoms with Crippen molar-refractivity contribution in [1.82, 2.24) is 5.32 Å². The lowest BCUT2D eigenvalue weighted by molar-refractivity contribution is -0.140. The van der Waals surface area contributed by atoms with Gasteiger partial charge < -0.3 is 15.8 Å². The summed E-state index contributed by atoms with van der Waals surface area (Å²) < 4.78 is 5.39. The smallest absolute Gasteiger partial charge is 0.305 e. The number of hydrogen-bond donors (Lipinski definition) is 2. The molecule has 1 rings (SSSR count). The minimum atomic E-state index is -0.264. The van der Waals surface area contributed by atoms with Gasteiger partial charge in [-0.3, -0.25) is 9.59 Å². The van der Waals surface area contributed by atoms with Crippen LogP contribution in [0, 0.1) is 0 Å². The second-order valence-corrected chi connectivity index (χ2v) is 5.88. The molecular formula is C13H17BrN2O3S. The summed E-state index contributed by atoms with van der Waals surface area (Å²) >= 11 is 4.83. The van der Waals surface area contributed by atoms with Crippen LogP contribution in [0.1, 0.15) is 12.8 Å². The molecule has 5 nitrogen and oxygen atoms in total. The van der Waals surface area contributed by atoms with Gasteiger partial charge >= 0.3 is 5.97 Å². The average molecular weight is 361 g/mol. The van der Waals surface area contributed by atoms with E-state index in [1.54, 1.807) is 12.1 Å². The van der Waals surface area contributed by atoms with Crippen molar-refractivity contribution in [2.75, 3.05) is 25.1 Å². The predicted octanol–water partition coefficient (Wildman–Crippen LogP) is 2.19. The summed E-state index contributed by atoms with van der Waals surface area (Å²) in [6.07, 6.45) is 0.891. The van der Waals surface area contributed by atoms with E-state index in [4.69, 9.17) is 5.73 Å².